The molecule has 1 heterocycles. The molecule has 1 aromatic carbocycles. The lowest BCUT2D eigenvalue weighted by Gasteiger charge is -2.31. The van der Waals surface area contributed by atoms with Crippen LogP contribution in [-0.2, 0) is 11.7 Å². The van der Waals surface area contributed by atoms with Crippen LogP contribution >= 0.6 is 23.6 Å². The van der Waals surface area contributed by atoms with Crippen LogP contribution in [0.2, 0.25) is 0 Å². The summed E-state index contributed by atoms with van der Waals surface area (Å²) in [5.41, 5.74) is -0.564. The fraction of sp³-hybridized carbons (Fsp3) is 0.353. The number of rotatable bonds is 3. The summed E-state index contributed by atoms with van der Waals surface area (Å²) in [7, 11) is 0. The summed E-state index contributed by atoms with van der Waals surface area (Å²) >= 11 is 7.03. The van der Waals surface area contributed by atoms with Gasteiger partial charge in [0.05, 0.1) is 11.1 Å². The molecule has 0 saturated heterocycles. The van der Waals surface area contributed by atoms with Crippen molar-refractivity contribution < 1.29 is 13.2 Å². The van der Waals surface area contributed by atoms with Gasteiger partial charge < -0.3 is 10.6 Å². The van der Waals surface area contributed by atoms with Gasteiger partial charge in [0.25, 0.3) is 0 Å². The second-order valence-electron chi connectivity index (χ2n) is 5.92. The van der Waals surface area contributed by atoms with Gasteiger partial charge in [0, 0.05) is 10.6 Å². The number of hydrogen-bond donors (Lipinski definition) is 2. The zero-order valence-corrected chi connectivity index (χ0v) is 14.5. The molecule has 2 aromatic rings. The van der Waals surface area contributed by atoms with E-state index >= 15 is 0 Å². The molecule has 24 heavy (non-hydrogen) atoms. The van der Waals surface area contributed by atoms with Crippen molar-refractivity contribution in [3.05, 3.63) is 52.2 Å². The summed E-state index contributed by atoms with van der Waals surface area (Å²) in [6.45, 7) is 0. The molecule has 2 nitrogen and oxygen atoms in total. The number of thiophene rings is 1. The van der Waals surface area contributed by atoms with E-state index in [4.69, 9.17) is 12.2 Å². The van der Waals surface area contributed by atoms with E-state index < -0.39 is 11.7 Å². The Hall–Kier alpha value is -1.60. The zero-order chi connectivity index (χ0) is 17.2. The average molecular weight is 370 g/mol. The first-order valence-electron chi connectivity index (χ1n) is 7.69. The van der Waals surface area contributed by atoms with Crippen molar-refractivity contribution in [3.8, 4) is 0 Å². The predicted molar refractivity (Wildman–Crippen MR) is 95.3 cm³/mol. The molecule has 1 aliphatic carbocycles. The van der Waals surface area contributed by atoms with Gasteiger partial charge >= 0.3 is 6.18 Å². The molecule has 1 aliphatic rings. The van der Waals surface area contributed by atoms with E-state index in [1.807, 2.05) is 11.4 Å². The highest BCUT2D eigenvalue weighted by Gasteiger charge is 2.37. The Morgan fingerprint density at radius 1 is 1.12 bits per heavy atom. The summed E-state index contributed by atoms with van der Waals surface area (Å²) in [5.74, 6) is 0. The largest absolute Gasteiger partial charge is 0.416 e. The lowest BCUT2D eigenvalue weighted by molar-refractivity contribution is -0.137. The average Bonchev–Trinajstić information content (AvgIpc) is 3.18. The predicted octanol–water partition coefficient (Wildman–Crippen LogP) is 5.52. The van der Waals surface area contributed by atoms with E-state index in [9.17, 15) is 13.2 Å². The van der Waals surface area contributed by atoms with Gasteiger partial charge in [-0.05, 0) is 54.7 Å². The number of anilines is 1. The SMILES string of the molecule is FC(F)(F)c1cccc(NC(=S)NC2(c3cccs3)CCCC2)c1. The van der Waals surface area contributed by atoms with Crippen molar-refractivity contribution in [2.75, 3.05) is 5.32 Å². The van der Waals surface area contributed by atoms with Crippen molar-refractivity contribution in [2.24, 2.45) is 0 Å². The summed E-state index contributed by atoms with van der Waals surface area (Å²) in [4.78, 5) is 1.22. The van der Waals surface area contributed by atoms with Gasteiger partial charge in [-0.3, -0.25) is 0 Å². The first-order valence-corrected chi connectivity index (χ1v) is 8.98. The molecule has 0 unspecified atom stereocenters. The molecule has 0 radical (unpaired) electrons. The van der Waals surface area contributed by atoms with Crippen LogP contribution in [-0.4, -0.2) is 5.11 Å². The normalized spacial score (nSPS) is 16.8. The summed E-state index contributed by atoms with van der Waals surface area (Å²) < 4.78 is 38.4. The molecule has 128 valence electrons. The summed E-state index contributed by atoms with van der Waals surface area (Å²) in [6, 6.07) is 9.15. The molecular formula is C17H17F3N2S2. The standard InChI is InChI=1S/C17H17F3N2S2/c18-17(19,20)12-5-3-6-13(11-12)21-15(23)22-16(8-1-2-9-16)14-7-4-10-24-14/h3-7,10-11H,1-2,8-9H2,(H2,21,22,23). The fourth-order valence-electron chi connectivity index (χ4n) is 3.12. The van der Waals surface area contributed by atoms with Gasteiger partial charge in [0.15, 0.2) is 5.11 Å². The number of hydrogen-bond acceptors (Lipinski definition) is 2. The molecule has 0 bridgehead atoms. The number of thiocarbonyl (C=S) groups is 1. The zero-order valence-electron chi connectivity index (χ0n) is 12.8. The summed E-state index contributed by atoms with van der Waals surface area (Å²) in [6.07, 6.45) is -0.208. The van der Waals surface area contributed by atoms with Crippen LogP contribution < -0.4 is 10.6 Å². The number of alkyl halides is 3. The van der Waals surface area contributed by atoms with E-state index in [1.54, 1.807) is 17.4 Å². The van der Waals surface area contributed by atoms with Crippen molar-refractivity contribution in [1.29, 1.82) is 0 Å². The Labute approximate surface area is 148 Å². The van der Waals surface area contributed by atoms with Gasteiger partial charge in [0.2, 0.25) is 0 Å². The Morgan fingerprint density at radius 2 is 1.88 bits per heavy atom. The molecule has 0 amide bonds. The van der Waals surface area contributed by atoms with Crippen LogP contribution in [0.4, 0.5) is 18.9 Å². The van der Waals surface area contributed by atoms with Crippen molar-refractivity contribution in [3.63, 3.8) is 0 Å². The minimum Gasteiger partial charge on any atom is -0.352 e. The molecule has 2 N–H and O–H groups in total. The second kappa shape index (κ2) is 6.72. The topological polar surface area (TPSA) is 24.1 Å². The monoisotopic (exact) mass is 370 g/mol. The lowest BCUT2D eigenvalue weighted by atomic mass is 9.96. The molecule has 3 rings (SSSR count). The molecule has 0 spiro atoms. The highest BCUT2D eigenvalue weighted by atomic mass is 32.1. The van der Waals surface area contributed by atoms with Crippen LogP contribution in [0.5, 0.6) is 0 Å². The molecule has 1 fully saturated rings. The van der Waals surface area contributed by atoms with E-state index in [1.165, 1.54) is 10.9 Å². The maximum absolute atomic E-state index is 12.8. The summed E-state index contributed by atoms with van der Waals surface area (Å²) in [5, 5.41) is 8.62. The Morgan fingerprint density at radius 3 is 2.50 bits per heavy atom. The van der Waals surface area contributed by atoms with E-state index in [-0.39, 0.29) is 5.54 Å². The van der Waals surface area contributed by atoms with Crippen molar-refractivity contribution in [1.82, 2.24) is 5.32 Å². The molecule has 7 heteroatoms. The van der Waals surface area contributed by atoms with Gasteiger partial charge in [-0.15, -0.1) is 11.3 Å². The Bertz CT molecular complexity index is 705. The molecule has 1 saturated carbocycles. The number of nitrogens with one attached hydrogen (secondary N) is 2. The third-order valence-electron chi connectivity index (χ3n) is 4.25. The first kappa shape index (κ1) is 17.2. The van der Waals surface area contributed by atoms with E-state index in [0.29, 0.717) is 10.8 Å². The van der Waals surface area contributed by atoms with Gasteiger partial charge in [-0.2, -0.15) is 13.2 Å². The third kappa shape index (κ3) is 3.72. The van der Waals surface area contributed by atoms with E-state index in [2.05, 4.69) is 16.7 Å². The number of halogens is 3. The maximum atomic E-state index is 12.8. The van der Waals surface area contributed by atoms with Crippen LogP contribution in [0.15, 0.2) is 41.8 Å². The van der Waals surface area contributed by atoms with Crippen molar-refractivity contribution >= 4 is 34.4 Å². The van der Waals surface area contributed by atoms with Crippen molar-refractivity contribution in [2.45, 2.75) is 37.4 Å². The Kier molecular flexibility index (Phi) is 4.83. The first-order chi connectivity index (χ1) is 11.4. The number of benzene rings is 1. The minimum absolute atomic E-state index is 0.208. The van der Waals surface area contributed by atoms with Crippen LogP contribution in [0.25, 0.3) is 0 Å². The molecular weight excluding hydrogens is 353 g/mol. The highest BCUT2D eigenvalue weighted by Crippen LogP contribution is 2.41. The highest BCUT2D eigenvalue weighted by molar-refractivity contribution is 7.80. The fourth-order valence-corrected chi connectivity index (χ4v) is 4.37. The third-order valence-corrected chi connectivity index (χ3v) is 5.53. The smallest absolute Gasteiger partial charge is 0.352 e. The minimum atomic E-state index is -4.36. The molecule has 0 aliphatic heterocycles. The maximum Gasteiger partial charge on any atom is 0.416 e. The van der Waals surface area contributed by atoms with Gasteiger partial charge in [0.1, 0.15) is 0 Å². The van der Waals surface area contributed by atoms with Crippen LogP contribution in [0.1, 0.15) is 36.1 Å². The molecule has 0 atom stereocenters. The quantitative estimate of drug-likeness (QED) is 0.696. The van der Waals surface area contributed by atoms with Crippen LogP contribution in [0.3, 0.4) is 0 Å². The van der Waals surface area contributed by atoms with E-state index in [0.717, 1.165) is 37.8 Å². The van der Waals surface area contributed by atoms with Gasteiger partial charge in [-0.25, -0.2) is 0 Å². The van der Waals surface area contributed by atoms with Gasteiger partial charge in [-0.1, -0.05) is 25.0 Å². The molecule has 1 aromatic heterocycles. The Balaban J connectivity index is 1.73. The lowest BCUT2D eigenvalue weighted by Crippen LogP contribution is -2.45. The second-order valence-corrected chi connectivity index (χ2v) is 7.28. The van der Waals surface area contributed by atoms with Crippen LogP contribution in [0, 0.1) is 0 Å².